The van der Waals surface area contributed by atoms with Crippen LogP contribution >= 0.6 is 36.4 Å². The number of benzene rings is 1. The number of carbonyl (C=O) groups is 1. The summed E-state index contributed by atoms with van der Waals surface area (Å²) >= 11 is 6.09. The van der Waals surface area contributed by atoms with Gasteiger partial charge in [0.2, 0.25) is 6.41 Å². The van der Waals surface area contributed by atoms with Gasteiger partial charge >= 0.3 is 0 Å². The van der Waals surface area contributed by atoms with Crippen LogP contribution in [-0.2, 0) is 11.2 Å². The zero-order valence-electron chi connectivity index (χ0n) is 11.1. The summed E-state index contributed by atoms with van der Waals surface area (Å²) in [5.74, 6) is 0. The predicted molar refractivity (Wildman–Crippen MR) is 91.7 cm³/mol. The Bertz CT molecular complexity index is 567. The minimum atomic E-state index is 0. The summed E-state index contributed by atoms with van der Waals surface area (Å²) in [5.41, 5.74) is 7.79. The van der Waals surface area contributed by atoms with Crippen LogP contribution in [0.25, 0.3) is 0 Å². The Kier molecular flexibility index (Phi) is 8.78. The molecule has 0 radical (unpaired) electrons. The van der Waals surface area contributed by atoms with Crippen molar-refractivity contribution in [2.45, 2.75) is 6.42 Å². The molecule has 2 aromatic rings. The number of pyridine rings is 1. The van der Waals surface area contributed by atoms with E-state index in [4.69, 9.17) is 17.3 Å². The number of hydrogen-bond donors (Lipinski definition) is 1. The molecule has 0 atom stereocenters. The highest BCUT2D eigenvalue weighted by atomic mass is 35.5. The van der Waals surface area contributed by atoms with E-state index in [-0.39, 0.29) is 24.8 Å². The highest BCUT2D eigenvalue weighted by Gasteiger charge is 2.10. The number of aromatic nitrogens is 1. The van der Waals surface area contributed by atoms with E-state index in [0.717, 1.165) is 12.1 Å². The molecule has 0 fully saturated rings. The third-order valence-corrected chi connectivity index (χ3v) is 3.05. The molecule has 114 valence electrons. The van der Waals surface area contributed by atoms with E-state index < -0.39 is 0 Å². The molecule has 0 saturated carbocycles. The molecule has 4 nitrogen and oxygen atoms in total. The van der Waals surface area contributed by atoms with Gasteiger partial charge in [-0.1, -0.05) is 17.7 Å². The maximum Gasteiger partial charge on any atom is 0.214 e. The lowest BCUT2D eigenvalue weighted by Crippen LogP contribution is -2.24. The van der Waals surface area contributed by atoms with Crippen molar-refractivity contribution in [1.82, 2.24) is 4.98 Å². The van der Waals surface area contributed by atoms with Crippen molar-refractivity contribution in [2.75, 3.05) is 17.2 Å². The second-order valence-electron chi connectivity index (χ2n) is 4.08. The number of nitrogen functional groups attached to an aromatic ring is 1. The van der Waals surface area contributed by atoms with E-state index in [2.05, 4.69) is 4.98 Å². The summed E-state index contributed by atoms with van der Waals surface area (Å²) in [6.45, 7) is 0.518. The van der Waals surface area contributed by atoms with E-state index in [0.29, 0.717) is 29.4 Å². The zero-order chi connectivity index (χ0) is 13.7. The van der Waals surface area contributed by atoms with E-state index in [1.165, 1.54) is 0 Å². The first-order chi connectivity index (χ1) is 9.20. The van der Waals surface area contributed by atoms with Crippen molar-refractivity contribution in [1.29, 1.82) is 0 Å². The summed E-state index contributed by atoms with van der Waals surface area (Å²) in [6.07, 6.45) is 3.16. The molecule has 2 rings (SSSR count). The zero-order valence-corrected chi connectivity index (χ0v) is 13.5. The Morgan fingerprint density at radius 3 is 2.57 bits per heavy atom. The Morgan fingerprint density at radius 2 is 2.00 bits per heavy atom. The molecule has 21 heavy (non-hydrogen) atoms. The third-order valence-electron chi connectivity index (χ3n) is 2.74. The van der Waals surface area contributed by atoms with E-state index in [9.17, 15) is 4.79 Å². The quantitative estimate of drug-likeness (QED) is 0.666. The maximum absolute atomic E-state index is 11.2. The molecule has 0 unspecified atom stereocenters. The lowest BCUT2D eigenvalue weighted by atomic mass is 10.2. The SMILES string of the molecule is Cl.Cl.Nc1ccc(N(C=O)CCc2ccccn2)c(Cl)c1. The average Bonchev–Trinajstić information content (AvgIpc) is 2.42. The van der Waals surface area contributed by atoms with E-state index in [1.807, 2.05) is 18.2 Å². The van der Waals surface area contributed by atoms with Gasteiger partial charge in [0.1, 0.15) is 0 Å². The van der Waals surface area contributed by atoms with Gasteiger partial charge in [-0.3, -0.25) is 9.78 Å². The topological polar surface area (TPSA) is 59.2 Å². The van der Waals surface area contributed by atoms with Crippen LogP contribution < -0.4 is 10.6 Å². The number of nitrogens with two attached hydrogens (primary N) is 1. The van der Waals surface area contributed by atoms with Crippen molar-refractivity contribution in [2.24, 2.45) is 0 Å². The van der Waals surface area contributed by atoms with Gasteiger partial charge in [-0.15, -0.1) is 24.8 Å². The molecule has 1 aromatic carbocycles. The number of anilines is 2. The molecule has 0 aliphatic rings. The van der Waals surface area contributed by atoms with Crippen molar-refractivity contribution in [3.05, 3.63) is 53.3 Å². The summed E-state index contributed by atoms with van der Waals surface area (Å²) in [6, 6.07) is 10.8. The van der Waals surface area contributed by atoms with Gasteiger partial charge in [0.05, 0.1) is 10.7 Å². The fourth-order valence-electron chi connectivity index (χ4n) is 1.77. The van der Waals surface area contributed by atoms with Gasteiger partial charge in [-0.2, -0.15) is 0 Å². The third kappa shape index (κ3) is 5.42. The molecule has 0 saturated heterocycles. The molecule has 0 aliphatic heterocycles. The highest BCUT2D eigenvalue weighted by molar-refractivity contribution is 6.33. The van der Waals surface area contributed by atoms with Gasteiger partial charge < -0.3 is 10.6 Å². The van der Waals surface area contributed by atoms with Gasteiger partial charge in [0.25, 0.3) is 0 Å². The molecule has 1 amide bonds. The van der Waals surface area contributed by atoms with Crippen molar-refractivity contribution >= 4 is 54.2 Å². The monoisotopic (exact) mass is 347 g/mol. The Hall–Kier alpha value is -1.49. The highest BCUT2D eigenvalue weighted by Crippen LogP contribution is 2.27. The van der Waals surface area contributed by atoms with Gasteiger partial charge in [0.15, 0.2) is 0 Å². The Balaban J connectivity index is 0.00000200. The van der Waals surface area contributed by atoms with Crippen LogP contribution in [0, 0.1) is 0 Å². The van der Waals surface area contributed by atoms with Gasteiger partial charge in [-0.05, 0) is 30.3 Å². The Morgan fingerprint density at radius 1 is 1.24 bits per heavy atom. The van der Waals surface area contributed by atoms with Crippen LogP contribution in [0.1, 0.15) is 5.69 Å². The molecule has 1 heterocycles. The van der Waals surface area contributed by atoms with Crippen molar-refractivity contribution in [3.63, 3.8) is 0 Å². The van der Waals surface area contributed by atoms with Crippen LogP contribution in [-0.4, -0.2) is 17.9 Å². The summed E-state index contributed by atoms with van der Waals surface area (Å²) in [7, 11) is 0. The predicted octanol–water partition coefficient (Wildman–Crippen LogP) is 3.37. The molecule has 2 N–H and O–H groups in total. The summed E-state index contributed by atoms with van der Waals surface area (Å²) < 4.78 is 0. The van der Waals surface area contributed by atoms with Crippen LogP contribution in [0.3, 0.4) is 0 Å². The Labute approximate surface area is 141 Å². The molecule has 0 spiro atoms. The van der Waals surface area contributed by atoms with Crippen molar-refractivity contribution < 1.29 is 4.79 Å². The molecule has 7 heteroatoms. The van der Waals surface area contributed by atoms with Gasteiger partial charge in [-0.25, -0.2) is 0 Å². The lowest BCUT2D eigenvalue weighted by Gasteiger charge is -2.18. The first kappa shape index (κ1) is 19.5. The minimum absolute atomic E-state index is 0. The molecular weight excluding hydrogens is 333 g/mol. The molecular formula is C14H16Cl3N3O. The molecule has 1 aromatic heterocycles. The second-order valence-corrected chi connectivity index (χ2v) is 4.49. The fourth-order valence-corrected chi connectivity index (χ4v) is 2.06. The summed E-state index contributed by atoms with van der Waals surface area (Å²) in [4.78, 5) is 17.0. The van der Waals surface area contributed by atoms with Crippen LogP contribution in [0.5, 0.6) is 0 Å². The molecule has 0 aliphatic carbocycles. The maximum atomic E-state index is 11.2. The number of amides is 1. The van der Waals surface area contributed by atoms with Gasteiger partial charge in [0, 0.05) is 30.5 Å². The average molecular weight is 349 g/mol. The smallest absolute Gasteiger partial charge is 0.214 e. The second kappa shape index (κ2) is 9.45. The van der Waals surface area contributed by atoms with Crippen LogP contribution in [0.4, 0.5) is 11.4 Å². The molecule has 0 bridgehead atoms. The first-order valence-electron chi connectivity index (χ1n) is 5.87. The standard InChI is InChI=1S/C14H14ClN3O.2ClH/c15-13-9-11(16)4-5-14(13)18(10-19)8-6-12-3-1-2-7-17-12;;/h1-5,7,9-10H,6,8,16H2;2*1H. The van der Waals surface area contributed by atoms with Crippen molar-refractivity contribution in [3.8, 4) is 0 Å². The number of nitrogens with zero attached hydrogens (tertiary/aromatic N) is 2. The lowest BCUT2D eigenvalue weighted by molar-refractivity contribution is -0.107. The number of carbonyl (C=O) groups excluding carboxylic acids is 1. The normalized spacial score (nSPS) is 9.19. The van der Waals surface area contributed by atoms with E-state index in [1.54, 1.807) is 29.3 Å². The summed E-state index contributed by atoms with van der Waals surface area (Å²) in [5, 5.41) is 0.466. The van der Waals surface area contributed by atoms with Crippen LogP contribution in [0.2, 0.25) is 5.02 Å². The number of halogens is 3. The number of rotatable bonds is 5. The fraction of sp³-hybridized carbons (Fsp3) is 0.143. The largest absolute Gasteiger partial charge is 0.399 e. The van der Waals surface area contributed by atoms with E-state index >= 15 is 0 Å². The number of hydrogen-bond acceptors (Lipinski definition) is 3. The van der Waals surface area contributed by atoms with Crippen LogP contribution in [0.15, 0.2) is 42.6 Å². The minimum Gasteiger partial charge on any atom is -0.399 e. The first-order valence-corrected chi connectivity index (χ1v) is 6.25.